The quantitative estimate of drug-likeness (QED) is 0.659. The van der Waals surface area contributed by atoms with E-state index in [0.29, 0.717) is 19.2 Å². The third-order valence-corrected chi connectivity index (χ3v) is 4.89. The molecular weight excluding hydrogens is 290 g/mol. The molecular formula is C18H27N3O2. The topological polar surface area (TPSA) is 68.9 Å². The maximum absolute atomic E-state index is 6.05. The standard InChI is InChI=1S/C18H27N3O2/c1-18(2,13-5-3-6-13)12-20-17(19)21-14-7-8-15-16(11-14)23-10-4-9-22-15/h7-8,11,13H,3-6,9-10,12H2,1-2H3,(H3,19,20,21). The van der Waals surface area contributed by atoms with Gasteiger partial charge in [-0.15, -0.1) is 0 Å². The predicted octanol–water partition coefficient (Wildman–Crippen LogP) is 3.40. The molecule has 3 rings (SSSR count). The number of anilines is 1. The summed E-state index contributed by atoms with van der Waals surface area (Å²) in [4.78, 5) is 4.54. The van der Waals surface area contributed by atoms with Crippen molar-refractivity contribution in [3.8, 4) is 11.5 Å². The molecule has 0 radical (unpaired) electrons. The highest BCUT2D eigenvalue weighted by Crippen LogP contribution is 2.41. The van der Waals surface area contributed by atoms with Gasteiger partial charge in [-0.05, 0) is 36.3 Å². The normalized spacial score (nSPS) is 19.0. The van der Waals surface area contributed by atoms with Crippen molar-refractivity contribution in [3.63, 3.8) is 0 Å². The second-order valence-corrected chi connectivity index (χ2v) is 7.15. The first-order valence-electron chi connectivity index (χ1n) is 8.51. The van der Waals surface area contributed by atoms with Gasteiger partial charge in [-0.1, -0.05) is 20.3 Å². The number of nitrogens with one attached hydrogen (secondary N) is 1. The van der Waals surface area contributed by atoms with Crippen LogP contribution < -0.4 is 20.5 Å². The van der Waals surface area contributed by atoms with Crippen molar-refractivity contribution in [2.75, 3.05) is 25.1 Å². The Morgan fingerprint density at radius 3 is 2.65 bits per heavy atom. The SMILES string of the molecule is CC(C)(CN=C(N)Nc1ccc2c(c1)OCCCO2)C1CCC1. The first kappa shape index (κ1) is 16.0. The molecule has 1 saturated carbocycles. The Bertz CT molecular complexity index is 580. The maximum Gasteiger partial charge on any atom is 0.193 e. The number of guanidine groups is 1. The summed E-state index contributed by atoms with van der Waals surface area (Å²) in [5.41, 5.74) is 7.14. The van der Waals surface area contributed by atoms with Crippen molar-refractivity contribution in [1.82, 2.24) is 0 Å². The lowest BCUT2D eigenvalue weighted by atomic mass is 9.67. The minimum absolute atomic E-state index is 0.218. The van der Waals surface area contributed by atoms with E-state index in [9.17, 15) is 0 Å². The third kappa shape index (κ3) is 3.89. The second-order valence-electron chi connectivity index (χ2n) is 7.15. The second kappa shape index (κ2) is 6.69. The lowest BCUT2D eigenvalue weighted by Crippen LogP contribution is -2.34. The van der Waals surface area contributed by atoms with Crippen LogP contribution in [0.4, 0.5) is 5.69 Å². The molecule has 1 aromatic carbocycles. The Kier molecular flexibility index (Phi) is 4.64. The Morgan fingerprint density at radius 1 is 1.22 bits per heavy atom. The van der Waals surface area contributed by atoms with Gasteiger partial charge in [0.1, 0.15) is 0 Å². The first-order valence-corrected chi connectivity index (χ1v) is 8.51. The lowest BCUT2D eigenvalue weighted by molar-refractivity contribution is 0.130. The van der Waals surface area contributed by atoms with Gasteiger partial charge in [0.2, 0.25) is 0 Å². The molecule has 0 aromatic heterocycles. The van der Waals surface area contributed by atoms with Gasteiger partial charge in [0.25, 0.3) is 0 Å². The smallest absolute Gasteiger partial charge is 0.193 e. The fraction of sp³-hybridized carbons (Fsp3) is 0.611. The summed E-state index contributed by atoms with van der Waals surface area (Å²) < 4.78 is 11.3. The average molecular weight is 317 g/mol. The molecule has 0 spiro atoms. The molecule has 1 aliphatic heterocycles. The van der Waals surface area contributed by atoms with Crippen molar-refractivity contribution in [1.29, 1.82) is 0 Å². The summed E-state index contributed by atoms with van der Waals surface area (Å²) in [6, 6.07) is 5.77. The van der Waals surface area contributed by atoms with E-state index in [0.717, 1.165) is 36.1 Å². The minimum Gasteiger partial charge on any atom is -0.490 e. The number of benzene rings is 1. The summed E-state index contributed by atoms with van der Waals surface area (Å²) in [5.74, 6) is 2.77. The van der Waals surface area contributed by atoms with E-state index in [1.54, 1.807) is 0 Å². The number of aliphatic imine (C=N–C) groups is 1. The van der Waals surface area contributed by atoms with Crippen LogP contribution in [0.5, 0.6) is 11.5 Å². The van der Waals surface area contributed by atoms with Crippen molar-refractivity contribution in [2.45, 2.75) is 39.5 Å². The van der Waals surface area contributed by atoms with Crippen molar-refractivity contribution in [2.24, 2.45) is 22.1 Å². The van der Waals surface area contributed by atoms with Crippen molar-refractivity contribution < 1.29 is 9.47 Å². The monoisotopic (exact) mass is 317 g/mol. The van der Waals surface area contributed by atoms with E-state index in [4.69, 9.17) is 15.2 Å². The fourth-order valence-electron chi connectivity index (χ4n) is 3.04. The number of ether oxygens (including phenoxy) is 2. The molecule has 0 saturated heterocycles. The molecule has 5 heteroatoms. The van der Waals surface area contributed by atoms with Gasteiger partial charge in [0.15, 0.2) is 17.5 Å². The van der Waals surface area contributed by atoms with Gasteiger partial charge in [-0.25, -0.2) is 0 Å². The molecule has 5 nitrogen and oxygen atoms in total. The largest absolute Gasteiger partial charge is 0.490 e. The Balaban J connectivity index is 1.62. The maximum atomic E-state index is 6.05. The van der Waals surface area contributed by atoms with E-state index >= 15 is 0 Å². The van der Waals surface area contributed by atoms with Crippen LogP contribution in [0.15, 0.2) is 23.2 Å². The van der Waals surface area contributed by atoms with Gasteiger partial charge in [0.05, 0.1) is 13.2 Å². The predicted molar refractivity (Wildman–Crippen MR) is 93.3 cm³/mol. The van der Waals surface area contributed by atoms with Gasteiger partial charge in [-0.2, -0.15) is 0 Å². The zero-order valence-electron chi connectivity index (χ0n) is 14.1. The Morgan fingerprint density at radius 2 is 1.96 bits per heavy atom. The zero-order valence-corrected chi connectivity index (χ0v) is 14.1. The highest BCUT2D eigenvalue weighted by molar-refractivity contribution is 5.92. The molecule has 3 N–H and O–H groups in total. The molecule has 2 aliphatic rings. The number of hydrogen-bond acceptors (Lipinski definition) is 3. The van der Waals surface area contributed by atoms with Crippen LogP contribution in [0.2, 0.25) is 0 Å². The molecule has 1 aliphatic carbocycles. The van der Waals surface area contributed by atoms with Crippen LogP contribution in [0, 0.1) is 11.3 Å². The number of hydrogen-bond donors (Lipinski definition) is 2. The molecule has 1 fully saturated rings. The molecule has 1 aromatic rings. The molecule has 0 atom stereocenters. The van der Waals surface area contributed by atoms with Crippen LogP contribution in [-0.2, 0) is 0 Å². The number of nitrogens with two attached hydrogens (primary N) is 1. The molecule has 126 valence electrons. The Labute approximate surface area is 138 Å². The van der Waals surface area contributed by atoms with Crippen LogP contribution in [-0.4, -0.2) is 25.7 Å². The number of nitrogens with zero attached hydrogens (tertiary/aromatic N) is 1. The summed E-state index contributed by atoms with van der Waals surface area (Å²) in [7, 11) is 0. The lowest BCUT2D eigenvalue weighted by Gasteiger charge is -2.39. The van der Waals surface area contributed by atoms with E-state index < -0.39 is 0 Å². The molecule has 23 heavy (non-hydrogen) atoms. The van der Waals surface area contributed by atoms with E-state index in [2.05, 4.69) is 24.2 Å². The van der Waals surface area contributed by atoms with Gasteiger partial charge >= 0.3 is 0 Å². The number of fused-ring (bicyclic) bond motifs is 1. The molecule has 0 bridgehead atoms. The minimum atomic E-state index is 0.218. The van der Waals surface area contributed by atoms with Crippen LogP contribution >= 0.6 is 0 Å². The average Bonchev–Trinajstić information content (AvgIpc) is 2.68. The molecule has 1 heterocycles. The van der Waals surface area contributed by atoms with E-state index in [1.165, 1.54) is 19.3 Å². The van der Waals surface area contributed by atoms with Gasteiger partial charge in [0, 0.05) is 24.7 Å². The third-order valence-electron chi connectivity index (χ3n) is 4.89. The van der Waals surface area contributed by atoms with Gasteiger partial charge < -0.3 is 20.5 Å². The zero-order chi connectivity index (χ0) is 16.3. The summed E-state index contributed by atoms with van der Waals surface area (Å²) in [5, 5.41) is 3.15. The van der Waals surface area contributed by atoms with Gasteiger partial charge in [-0.3, -0.25) is 4.99 Å². The highest BCUT2D eigenvalue weighted by atomic mass is 16.5. The highest BCUT2D eigenvalue weighted by Gasteiger charge is 2.33. The van der Waals surface area contributed by atoms with Crippen molar-refractivity contribution in [3.05, 3.63) is 18.2 Å². The fourth-order valence-corrected chi connectivity index (χ4v) is 3.04. The molecule has 0 amide bonds. The first-order chi connectivity index (χ1) is 11.0. The van der Waals surface area contributed by atoms with Crippen LogP contribution in [0.3, 0.4) is 0 Å². The van der Waals surface area contributed by atoms with Crippen LogP contribution in [0.1, 0.15) is 39.5 Å². The summed E-state index contributed by atoms with van der Waals surface area (Å²) in [6.07, 6.45) is 4.88. The van der Waals surface area contributed by atoms with E-state index in [-0.39, 0.29) is 5.41 Å². The van der Waals surface area contributed by atoms with Crippen molar-refractivity contribution >= 4 is 11.6 Å². The number of rotatable bonds is 4. The van der Waals surface area contributed by atoms with Crippen LogP contribution in [0.25, 0.3) is 0 Å². The summed E-state index contributed by atoms with van der Waals surface area (Å²) in [6.45, 7) is 6.68. The molecule has 0 unspecified atom stereocenters. The summed E-state index contributed by atoms with van der Waals surface area (Å²) >= 11 is 0. The Hall–Kier alpha value is -1.91. The van der Waals surface area contributed by atoms with E-state index in [1.807, 2.05) is 18.2 Å².